The van der Waals surface area contributed by atoms with E-state index in [0.29, 0.717) is 0 Å². The zero-order valence-electron chi connectivity index (χ0n) is 8.97. The highest BCUT2D eigenvalue weighted by molar-refractivity contribution is 4.94. The lowest BCUT2D eigenvalue weighted by molar-refractivity contribution is -0.0915. The molecule has 0 bridgehead atoms. The predicted molar refractivity (Wildman–Crippen MR) is 55.2 cm³/mol. The van der Waals surface area contributed by atoms with Crippen molar-refractivity contribution in [2.45, 2.75) is 64.5 Å². The van der Waals surface area contributed by atoms with Crippen molar-refractivity contribution >= 4 is 0 Å². The Kier molecular flexibility index (Phi) is 3.36. The first-order valence-corrected chi connectivity index (χ1v) is 5.59. The molecule has 1 saturated carbocycles. The third kappa shape index (κ3) is 1.89. The van der Waals surface area contributed by atoms with E-state index in [1.807, 2.05) is 0 Å². The predicted octanol–water partition coefficient (Wildman–Crippen LogP) is 2.40. The van der Waals surface area contributed by atoms with Gasteiger partial charge in [0.25, 0.3) is 0 Å². The van der Waals surface area contributed by atoms with Crippen molar-refractivity contribution in [3.8, 4) is 0 Å². The van der Waals surface area contributed by atoms with Crippen molar-refractivity contribution < 1.29 is 5.11 Å². The number of hydrogen-bond donors (Lipinski definition) is 2. The molecule has 0 aromatic rings. The Morgan fingerprint density at radius 3 is 2.15 bits per heavy atom. The summed E-state index contributed by atoms with van der Waals surface area (Å²) in [4.78, 5) is 0. The summed E-state index contributed by atoms with van der Waals surface area (Å²) in [5.41, 5.74) is 5.09. The van der Waals surface area contributed by atoms with Crippen molar-refractivity contribution in [3.05, 3.63) is 0 Å². The van der Waals surface area contributed by atoms with Crippen LogP contribution in [0.25, 0.3) is 0 Å². The van der Waals surface area contributed by atoms with E-state index in [1.54, 1.807) is 0 Å². The maximum Gasteiger partial charge on any atom is 0.119 e. The van der Waals surface area contributed by atoms with Crippen LogP contribution in [0.1, 0.15) is 58.8 Å². The van der Waals surface area contributed by atoms with Crippen molar-refractivity contribution in [3.63, 3.8) is 0 Å². The van der Waals surface area contributed by atoms with Crippen LogP contribution >= 0.6 is 0 Å². The topological polar surface area (TPSA) is 46.2 Å². The van der Waals surface area contributed by atoms with E-state index in [1.165, 1.54) is 12.8 Å². The molecular weight excluding hydrogens is 162 g/mol. The van der Waals surface area contributed by atoms with E-state index in [-0.39, 0.29) is 5.41 Å². The minimum Gasteiger partial charge on any atom is -0.376 e. The molecule has 2 nitrogen and oxygen atoms in total. The molecule has 1 unspecified atom stereocenters. The van der Waals surface area contributed by atoms with Gasteiger partial charge in [0, 0.05) is 5.41 Å². The Labute approximate surface area is 81.5 Å². The summed E-state index contributed by atoms with van der Waals surface area (Å²) in [5.74, 6) is 0. The molecule has 0 saturated heterocycles. The molecule has 3 N–H and O–H groups in total. The lowest BCUT2D eigenvalue weighted by Crippen LogP contribution is -2.54. The van der Waals surface area contributed by atoms with Gasteiger partial charge < -0.3 is 10.8 Å². The number of rotatable bonds is 2. The molecule has 1 fully saturated rings. The Hall–Kier alpha value is -0.0800. The molecule has 0 heterocycles. The fourth-order valence-electron chi connectivity index (χ4n) is 2.73. The molecule has 0 aromatic carbocycles. The molecule has 0 aromatic heterocycles. The molecule has 2 heteroatoms. The molecule has 1 atom stereocenters. The summed E-state index contributed by atoms with van der Waals surface area (Å²) in [7, 11) is 0. The fraction of sp³-hybridized carbons (Fsp3) is 1.00. The van der Waals surface area contributed by atoms with Crippen LogP contribution in [0.15, 0.2) is 0 Å². The number of aliphatic hydroxyl groups is 1. The third-order valence-corrected chi connectivity index (χ3v) is 3.99. The van der Waals surface area contributed by atoms with Crippen molar-refractivity contribution in [2.75, 3.05) is 0 Å². The summed E-state index contributed by atoms with van der Waals surface area (Å²) >= 11 is 0. The first-order chi connectivity index (χ1) is 6.08. The van der Waals surface area contributed by atoms with Crippen LogP contribution in [0.3, 0.4) is 0 Å². The molecule has 78 valence electrons. The molecule has 1 aliphatic rings. The largest absolute Gasteiger partial charge is 0.376 e. The van der Waals surface area contributed by atoms with Crippen LogP contribution in [-0.2, 0) is 0 Å². The van der Waals surface area contributed by atoms with Crippen LogP contribution in [0.5, 0.6) is 0 Å². The zero-order valence-corrected chi connectivity index (χ0v) is 8.97. The van der Waals surface area contributed by atoms with Gasteiger partial charge in [0.2, 0.25) is 0 Å². The third-order valence-electron chi connectivity index (χ3n) is 3.99. The second kappa shape index (κ2) is 3.97. The summed E-state index contributed by atoms with van der Waals surface area (Å²) < 4.78 is 0. The summed E-state index contributed by atoms with van der Waals surface area (Å²) in [6.45, 7) is 4.29. The van der Waals surface area contributed by atoms with Gasteiger partial charge in [0.1, 0.15) is 5.72 Å². The van der Waals surface area contributed by atoms with E-state index in [9.17, 15) is 5.11 Å². The fourth-order valence-corrected chi connectivity index (χ4v) is 2.73. The van der Waals surface area contributed by atoms with E-state index in [2.05, 4.69) is 13.8 Å². The van der Waals surface area contributed by atoms with Crippen LogP contribution in [-0.4, -0.2) is 10.8 Å². The van der Waals surface area contributed by atoms with E-state index in [0.717, 1.165) is 32.1 Å². The van der Waals surface area contributed by atoms with Gasteiger partial charge in [0.15, 0.2) is 0 Å². The van der Waals surface area contributed by atoms with Gasteiger partial charge in [-0.15, -0.1) is 0 Å². The van der Waals surface area contributed by atoms with E-state index >= 15 is 0 Å². The van der Waals surface area contributed by atoms with Crippen LogP contribution in [0.2, 0.25) is 0 Å². The average Bonchev–Trinajstić information content (AvgIpc) is 2.24. The number of hydrogen-bond acceptors (Lipinski definition) is 2. The van der Waals surface area contributed by atoms with Gasteiger partial charge in [-0.2, -0.15) is 0 Å². The molecule has 13 heavy (non-hydrogen) atoms. The maximum absolute atomic E-state index is 10.2. The van der Waals surface area contributed by atoms with Gasteiger partial charge in [-0.25, -0.2) is 0 Å². The highest BCUT2D eigenvalue weighted by Crippen LogP contribution is 2.45. The highest BCUT2D eigenvalue weighted by Gasteiger charge is 2.45. The monoisotopic (exact) mass is 185 g/mol. The summed E-state index contributed by atoms with van der Waals surface area (Å²) in [6, 6.07) is 0. The van der Waals surface area contributed by atoms with Crippen molar-refractivity contribution in [1.29, 1.82) is 0 Å². The highest BCUT2D eigenvalue weighted by atomic mass is 16.3. The smallest absolute Gasteiger partial charge is 0.119 e. The molecule has 1 rings (SSSR count). The van der Waals surface area contributed by atoms with Gasteiger partial charge in [-0.05, 0) is 32.1 Å². The molecule has 0 spiro atoms. The molecule has 0 aliphatic heterocycles. The maximum atomic E-state index is 10.2. The second-order valence-corrected chi connectivity index (χ2v) is 4.47. The Morgan fingerprint density at radius 1 is 1.08 bits per heavy atom. The van der Waals surface area contributed by atoms with Gasteiger partial charge in [-0.3, -0.25) is 0 Å². The Morgan fingerprint density at radius 2 is 1.62 bits per heavy atom. The first-order valence-electron chi connectivity index (χ1n) is 5.59. The average molecular weight is 185 g/mol. The van der Waals surface area contributed by atoms with Gasteiger partial charge in [-0.1, -0.05) is 26.7 Å². The van der Waals surface area contributed by atoms with Crippen molar-refractivity contribution in [1.82, 2.24) is 0 Å². The molecule has 0 amide bonds. The standard InChI is InChI=1S/C11H23NO/c1-3-10(4-2)8-6-5-7-9-11(10,12)13/h13H,3-9,12H2,1-2H3. The van der Waals surface area contributed by atoms with E-state index < -0.39 is 5.72 Å². The van der Waals surface area contributed by atoms with Gasteiger partial charge in [0.05, 0.1) is 0 Å². The lowest BCUT2D eigenvalue weighted by Gasteiger charge is -2.43. The molecule has 0 radical (unpaired) electrons. The molecule has 1 aliphatic carbocycles. The SMILES string of the molecule is CCC1(CC)CCCCCC1(N)O. The summed E-state index contributed by atoms with van der Waals surface area (Å²) in [5, 5.41) is 10.2. The normalized spacial score (nSPS) is 34.2. The number of nitrogens with two attached hydrogens (primary N) is 1. The van der Waals surface area contributed by atoms with Crippen LogP contribution in [0, 0.1) is 5.41 Å². The van der Waals surface area contributed by atoms with Crippen LogP contribution in [0.4, 0.5) is 0 Å². The Bertz CT molecular complexity index is 161. The molecular formula is C11H23NO. The second-order valence-electron chi connectivity index (χ2n) is 4.47. The first kappa shape index (κ1) is 11.0. The lowest BCUT2D eigenvalue weighted by atomic mass is 9.70. The van der Waals surface area contributed by atoms with Gasteiger partial charge >= 0.3 is 0 Å². The van der Waals surface area contributed by atoms with E-state index in [4.69, 9.17) is 5.73 Å². The van der Waals surface area contributed by atoms with Crippen LogP contribution < -0.4 is 5.73 Å². The van der Waals surface area contributed by atoms with Crippen molar-refractivity contribution in [2.24, 2.45) is 11.1 Å². The minimum atomic E-state index is -0.924. The quantitative estimate of drug-likeness (QED) is 0.512. The Balaban J connectivity index is 2.86. The zero-order chi connectivity index (χ0) is 9.95. The summed E-state index contributed by atoms with van der Waals surface area (Å²) in [6.07, 6.45) is 7.38. The minimum absolute atomic E-state index is 0.0243.